The first kappa shape index (κ1) is 29.4. The Balaban J connectivity index is 5.18. The maximum Gasteiger partial charge on any atom is 0.326 e. The van der Waals surface area contributed by atoms with E-state index < -0.39 is 60.2 Å². The Morgan fingerprint density at radius 2 is 1.32 bits per heavy atom. The molecule has 31 heavy (non-hydrogen) atoms. The molecule has 0 saturated heterocycles. The van der Waals surface area contributed by atoms with Crippen molar-refractivity contribution >= 4 is 65.8 Å². The van der Waals surface area contributed by atoms with Gasteiger partial charge in [-0.3, -0.25) is 19.2 Å². The first-order chi connectivity index (χ1) is 14.6. The maximum absolute atomic E-state index is 12.6. The summed E-state index contributed by atoms with van der Waals surface area (Å²) < 4.78 is 0. The minimum atomic E-state index is -1.64. The SMILES string of the molecule is CSCCC(N)C(=O)NC(CS)C(=O)NC(CCSC)C(=O)NC(CC(=O)O)C(=O)O. The molecule has 0 aromatic carbocycles. The molecule has 3 amide bonds. The third kappa shape index (κ3) is 12.1. The molecule has 0 fully saturated rings. The van der Waals surface area contributed by atoms with Gasteiger partial charge in [0.1, 0.15) is 18.1 Å². The molecule has 178 valence electrons. The molecule has 0 radical (unpaired) electrons. The van der Waals surface area contributed by atoms with Crippen molar-refractivity contribution in [3.63, 3.8) is 0 Å². The summed E-state index contributed by atoms with van der Waals surface area (Å²) in [4.78, 5) is 59.3. The number of amides is 3. The third-order valence-electron chi connectivity index (χ3n) is 4.02. The van der Waals surface area contributed by atoms with E-state index in [1.807, 2.05) is 6.26 Å². The lowest BCUT2D eigenvalue weighted by atomic mass is 10.1. The number of carbonyl (C=O) groups is 5. The lowest BCUT2D eigenvalue weighted by Gasteiger charge is -2.24. The standard InChI is InChI=1S/C17H30N4O7S3/c1-30-5-3-9(18)14(24)21-12(8-29)16(26)19-10(4-6-31-2)15(25)20-11(17(27)28)7-13(22)23/h9-12,29H,3-8,18H2,1-2H3,(H,19,26)(H,20,25)(H,21,24)(H,22,23)(H,27,28). The van der Waals surface area contributed by atoms with Gasteiger partial charge in [-0.15, -0.1) is 0 Å². The molecular weight excluding hydrogens is 468 g/mol. The van der Waals surface area contributed by atoms with Crippen molar-refractivity contribution in [1.29, 1.82) is 0 Å². The van der Waals surface area contributed by atoms with Crippen molar-refractivity contribution in [2.45, 2.75) is 43.4 Å². The molecule has 0 rings (SSSR count). The summed E-state index contributed by atoms with van der Waals surface area (Å²) in [5.74, 6) is -3.87. The number of carboxylic acid groups (broad SMARTS) is 2. The second kappa shape index (κ2) is 16.1. The number of thiol groups is 1. The van der Waals surface area contributed by atoms with Gasteiger partial charge in [0.15, 0.2) is 0 Å². The third-order valence-corrected chi connectivity index (χ3v) is 5.68. The highest BCUT2D eigenvalue weighted by molar-refractivity contribution is 7.98. The zero-order chi connectivity index (χ0) is 24.0. The number of hydrogen-bond donors (Lipinski definition) is 7. The maximum atomic E-state index is 12.6. The van der Waals surface area contributed by atoms with Crippen LogP contribution >= 0.6 is 36.2 Å². The first-order valence-corrected chi connectivity index (χ1v) is 12.7. The molecule has 0 aliphatic carbocycles. The molecular formula is C17H30N4O7S3. The average molecular weight is 499 g/mol. The monoisotopic (exact) mass is 498 g/mol. The van der Waals surface area contributed by atoms with Crippen LogP contribution in [0.3, 0.4) is 0 Å². The van der Waals surface area contributed by atoms with Crippen LogP contribution < -0.4 is 21.7 Å². The van der Waals surface area contributed by atoms with E-state index in [1.54, 1.807) is 6.26 Å². The molecule has 14 heteroatoms. The van der Waals surface area contributed by atoms with Crippen LogP contribution in [0.1, 0.15) is 19.3 Å². The van der Waals surface area contributed by atoms with Gasteiger partial charge in [0.25, 0.3) is 0 Å². The molecule has 7 N–H and O–H groups in total. The van der Waals surface area contributed by atoms with Crippen LogP contribution in [0.2, 0.25) is 0 Å². The van der Waals surface area contributed by atoms with Gasteiger partial charge < -0.3 is 31.9 Å². The summed E-state index contributed by atoms with van der Waals surface area (Å²) in [5.41, 5.74) is 5.79. The topological polar surface area (TPSA) is 188 Å². The van der Waals surface area contributed by atoms with Crippen LogP contribution in [0, 0.1) is 0 Å². The van der Waals surface area contributed by atoms with Gasteiger partial charge in [0.05, 0.1) is 12.5 Å². The minimum absolute atomic E-state index is 0.0551. The molecule has 0 heterocycles. The average Bonchev–Trinajstić information content (AvgIpc) is 2.71. The van der Waals surface area contributed by atoms with Crippen LogP contribution in [-0.2, 0) is 24.0 Å². The smallest absolute Gasteiger partial charge is 0.326 e. The fraction of sp³-hybridized carbons (Fsp3) is 0.706. The van der Waals surface area contributed by atoms with E-state index in [2.05, 4.69) is 28.6 Å². The quantitative estimate of drug-likeness (QED) is 0.127. The summed E-state index contributed by atoms with van der Waals surface area (Å²) in [5, 5.41) is 25.0. The number of hydrogen-bond acceptors (Lipinski definition) is 9. The van der Waals surface area contributed by atoms with Gasteiger partial charge in [-0.1, -0.05) is 0 Å². The Kier molecular flexibility index (Phi) is 15.2. The van der Waals surface area contributed by atoms with Crippen molar-refractivity contribution in [2.75, 3.05) is 29.8 Å². The molecule has 0 aliphatic rings. The van der Waals surface area contributed by atoms with Gasteiger partial charge in [0.2, 0.25) is 17.7 Å². The van der Waals surface area contributed by atoms with E-state index in [0.29, 0.717) is 17.9 Å². The predicted molar refractivity (Wildman–Crippen MR) is 124 cm³/mol. The van der Waals surface area contributed by atoms with E-state index in [9.17, 15) is 24.0 Å². The molecule has 11 nitrogen and oxygen atoms in total. The van der Waals surface area contributed by atoms with Crippen LogP contribution in [-0.4, -0.2) is 93.8 Å². The summed E-state index contributed by atoms with van der Waals surface area (Å²) >= 11 is 7.00. The van der Waals surface area contributed by atoms with Gasteiger partial charge in [-0.2, -0.15) is 36.2 Å². The largest absolute Gasteiger partial charge is 0.481 e. The van der Waals surface area contributed by atoms with E-state index in [1.165, 1.54) is 23.5 Å². The molecule has 0 bridgehead atoms. The van der Waals surface area contributed by atoms with E-state index >= 15 is 0 Å². The highest BCUT2D eigenvalue weighted by Crippen LogP contribution is 2.05. The van der Waals surface area contributed by atoms with Gasteiger partial charge in [-0.25, -0.2) is 4.79 Å². The minimum Gasteiger partial charge on any atom is -0.481 e. The molecule has 4 unspecified atom stereocenters. The number of carbonyl (C=O) groups excluding carboxylic acids is 3. The molecule has 0 saturated carbocycles. The second-order valence-electron chi connectivity index (χ2n) is 6.47. The van der Waals surface area contributed by atoms with Crippen molar-refractivity contribution in [2.24, 2.45) is 5.73 Å². The van der Waals surface area contributed by atoms with E-state index in [0.717, 1.165) is 0 Å². The molecule has 0 aromatic rings. The van der Waals surface area contributed by atoms with Gasteiger partial charge >= 0.3 is 11.9 Å². The molecule has 0 aromatic heterocycles. The molecule has 0 aliphatic heterocycles. The van der Waals surface area contributed by atoms with Gasteiger partial charge in [-0.05, 0) is 36.9 Å². The Morgan fingerprint density at radius 3 is 1.81 bits per heavy atom. The van der Waals surface area contributed by atoms with Crippen LogP contribution in [0.5, 0.6) is 0 Å². The lowest BCUT2D eigenvalue weighted by molar-refractivity contribution is -0.147. The Hall–Kier alpha value is -1.64. The highest BCUT2D eigenvalue weighted by Gasteiger charge is 2.30. The van der Waals surface area contributed by atoms with Crippen LogP contribution in [0.15, 0.2) is 0 Å². The van der Waals surface area contributed by atoms with Crippen molar-refractivity contribution in [1.82, 2.24) is 16.0 Å². The lowest BCUT2D eigenvalue weighted by Crippen LogP contribution is -2.57. The van der Waals surface area contributed by atoms with Crippen molar-refractivity contribution in [3.8, 4) is 0 Å². The summed E-state index contributed by atoms with van der Waals surface area (Å²) in [6.45, 7) is 0. The fourth-order valence-corrected chi connectivity index (χ4v) is 3.49. The number of nitrogens with one attached hydrogen (secondary N) is 3. The fourth-order valence-electron chi connectivity index (χ4n) is 2.27. The Labute approximate surface area is 194 Å². The number of thioether (sulfide) groups is 2. The zero-order valence-corrected chi connectivity index (χ0v) is 19.9. The van der Waals surface area contributed by atoms with Crippen LogP contribution in [0.25, 0.3) is 0 Å². The molecule has 4 atom stereocenters. The summed E-state index contributed by atoms with van der Waals surface area (Å²) in [7, 11) is 0. The first-order valence-electron chi connectivity index (χ1n) is 9.27. The summed E-state index contributed by atoms with van der Waals surface area (Å²) in [6, 6.07) is -4.63. The van der Waals surface area contributed by atoms with Gasteiger partial charge in [0, 0.05) is 5.75 Å². The normalized spacial score (nSPS) is 14.6. The Morgan fingerprint density at radius 1 is 0.839 bits per heavy atom. The predicted octanol–water partition coefficient (Wildman–Crippen LogP) is -1.24. The highest BCUT2D eigenvalue weighted by atomic mass is 32.2. The second-order valence-corrected chi connectivity index (χ2v) is 8.81. The van der Waals surface area contributed by atoms with Crippen molar-refractivity contribution in [3.05, 3.63) is 0 Å². The van der Waals surface area contributed by atoms with E-state index in [4.69, 9.17) is 15.9 Å². The molecule has 0 spiro atoms. The zero-order valence-electron chi connectivity index (χ0n) is 17.3. The van der Waals surface area contributed by atoms with E-state index in [-0.39, 0.29) is 12.2 Å². The number of rotatable bonds is 16. The Bertz CT molecular complexity index is 639. The van der Waals surface area contributed by atoms with Crippen LogP contribution in [0.4, 0.5) is 0 Å². The summed E-state index contributed by atoms with van der Waals surface area (Å²) in [6.07, 6.45) is 3.44. The van der Waals surface area contributed by atoms with Crippen molar-refractivity contribution < 1.29 is 34.2 Å². The number of nitrogens with two attached hydrogens (primary N) is 1. The number of aliphatic carboxylic acids is 2. The number of carboxylic acids is 2.